The maximum atomic E-state index is 11.7. The van der Waals surface area contributed by atoms with Crippen LogP contribution in [0.1, 0.15) is 294 Å². The van der Waals surface area contributed by atoms with E-state index in [9.17, 15) is 9.59 Å². The van der Waals surface area contributed by atoms with Gasteiger partial charge in [0.05, 0.1) is 0 Å². The fraction of sp³-hybridized carbons (Fsp3) is 0.849. The van der Waals surface area contributed by atoms with E-state index < -0.39 is 18.5 Å². The van der Waals surface area contributed by atoms with Crippen molar-refractivity contribution in [1.29, 1.82) is 0 Å². The predicted octanol–water partition coefficient (Wildman–Crippen LogP) is 17.6. The molecule has 6 nitrogen and oxygen atoms in total. The number of unbranched alkanes of at least 4 members (excludes halogenated alkanes) is 38. The molecule has 0 bridgehead atoms. The molecule has 0 aromatic heterocycles. The Kier molecular flexibility index (Phi) is 39.4. The molecule has 0 spiro atoms. The van der Waals surface area contributed by atoms with Crippen LogP contribution in [0.15, 0.2) is 18.2 Å². The second-order valence-electron chi connectivity index (χ2n) is 18.2. The van der Waals surface area contributed by atoms with Crippen LogP contribution in [0.4, 0.5) is 9.59 Å². The van der Waals surface area contributed by atoms with Crippen molar-refractivity contribution >= 4 is 12.2 Å². The highest BCUT2D eigenvalue weighted by Gasteiger charge is 2.22. The summed E-state index contributed by atoms with van der Waals surface area (Å²) in [5.74, 6) is 0. The highest BCUT2D eigenvalue weighted by atomic mass is 16.7. The summed E-state index contributed by atoms with van der Waals surface area (Å²) in [5.41, 5.74) is 13.6. The number of aryl methyl sites for hydroxylation is 2. The number of amides is 2. The van der Waals surface area contributed by atoms with Gasteiger partial charge in [0, 0.05) is 5.56 Å². The van der Waals surface area contributed by atoms with E-state index in [-0.39, 0.29) is 0 Å². The minimum Gasteiger partial charge on any atom is -0.405 e. The molecule has 1 aromatic rings. The molecule has 0 aliphatic heterocycles. The number of nitrogens with two attached hydrogens (primary N) is 2. The quantitative estimate of drug-likeness (QED) is 0.0505. The van der Waals surface area contributed by atoms with E-state index in [0.717, 1.165) is 37.7 Å². The van der Waals surface area contributed by atoms with E-state index in [4.69, 9.17) is 20.9 Å². The van der Waals surface area contributed by atoms with Crippen LogP contribution >= 0.6 is 0 Å². The van der Waals surface area contributed by atoms with Crippen molar-refractivity contribution in [2.45, 2.75) is 290 Å². The summed E-state index contributed by atoms with van der Waals surface area (Å²) in [7, 11) is 0. The van der Waals surface area contributed by atoms with Crippen molar-refractivity contribution in [3.63, 3.8) is 0 Å². The third-order valence-electron chi connectivity index (χ3n) is 12.5. The zero-order valence-corrected chi connectivity index (χ0v) is 39.3. The van der Waals surface area contributed by atoms with Crippen LogP contribution in [-0.4, -0.2) is 12.2 Å². The SMILES string of the molecule is CCCCCCCCCCCCCCCCCCCCCCc1ccc(C(OC(N)=O)OC(N)=O)c(CCCCCCCCCCCCCCCCCCCCCC)c1. The maximum Gasteiger partial charge on any atom is 0.407 e. The van der Waals surface area contributed by atoms with E-state index in [1.54, 1.807) is 0 Å². The number of carbonyl (C=O) groups is 2. The summed E-state index contributed by atoms with van der Waals surface area (Å²) < 4.78 is 10.4. The second-order valence-corrected chi connectivity index (χ2v) is 18.2. The Morgan fingerprint density at radius 3 is 0.915 bits per heavy atom. The number of benzene rings is 1. The molecule has 0 saturated carbocycles. The average Bonchev–Trinajstić information content (AvgIpc) is 3.21. The Labute approximate surface area is 366 Å². The summed E-state index contributed by atoms with van der Waals surface area (Å²) in [5, 5.41) is 0. The van der Waals surface area contributed by atoms with Gasteiger partial charge in [-0.25, -0.2) is 9.59 Å². The number of hydrogen-bond acceptors (Lipinski definition) is 4. The fourth-order valence-electron chi connectivity index (χ4n) is 8.78. The number of rotatable bonds is 45. The number of carbonyl (C=O) groups excluding carboxylic acids is 2. The van der Waals surface area contributed by atoms with Crippen LogP contribution in [0.25, 0.3) is 0 Å². The molecule has 0 atom stereocenters. The molecule has 344 valence electrons. The summed E-state index contributed by atoms with van der Waals surface area (Å²) in [4.78, 5) is 23.3. The smallest absolute Gasteiger partial charge is 0.405 e. The summed E-state index contributed by atoms with van der Waals surface area (Å²) in [6, 6.07) is 6.20. The van der Waals surface area contributed by atoms with Crippen LogP contribution in [-0.2, 0) is 22.3 Å². The first-order chi connectivity index (χ1) is 29.0. The molecule has 59 heavy (non-hydrogen) atoms. The lowest BCUT2D eigenvalue weighted by atomic mass is 9.95. The molecule has 0 unspecified atom stereocenters. The van der Waals surface area contributed by atoms with Crippen LogP contribution in [0.3, 0.4) is 0 Å². The molecule has 1 rings (SSSR count). The standard InChI is InChI=1S/C53H98N2O4/c1-3-5-7-9-11-13-15-17-19-21-23-25-27-29-31-33-35-37-39-41-43-48-45-46-50(51(58-52(54)56)59-53(55)57)49(47-48)44-42-40-38-36-34-32-30-28-26-24-22-20-18-16-14-12-10-8-6-4-2/h45-47,51H,3-44H2,1-2H3,(H2,54,56)(H2,55,57). The molecule has 0 aliphatic rings. The van der Waals surface area contributed by atoms with Gasteiger partial charge in [-0.15, -0.1) is 0 Å². The predicted molar refractivity (Wildman–Crippen MR) is 254 cm³/mol. The van der Waals surface area contributed by atoms with Crippen LogP contribution in [0.2, 0.25) is 0 Å². The molecule has 1 aromatic carbocycles. The number of ether oxygens (including phenoxy) is 2. The zero-order valence-electron chi connectivity index (χ0n) is 39.3. The Morgan fingerprint density at radius 1 is 0.390 bits per heavy atom. The second kappa shape index (κ2) is 42.5. The van der Waals surface area contributed by atoms with Gasteiger partial charge in [-0.1, -0.05) is 276 Å². The Bertz CT molecular complexity index is 1060. The van der Waals surface area contributed by atoms with E-state index >= 15 is 0 Å². The molecule has 0 heterocycles. The minimum absolute atomic E-state index is 0.660. The molecule has 0 saturated heterocycles. The van der Waals surface area contributed by atoms with Crippen LogP contribution < -0.4 is 11.5 Å². The topological polar surface area (TPSA) is 105 Å². The van der Waals surface area contributed by atoms with Crippen molar-refractivity contribution < 1.29 is 19.1 Å². The van der Waals surface area contributed by atoms with Gasteiger partial charge in [-0.2, -0.15) is 0 Å². The van der Waals surface area contributed by atoms with E-state index in [2.05, 4.69) is 26.0 Å². The fourth-order valence-corrected chi connectivity index (χ4v) is 8.78. The first kappa shape index (κ1) is 54.8. The van der Waals surface area contributed by atoms with Gasteiger partial charge in [0.15, 0.2) is 0 Å². The van der Waals surface area contributed by atoms with Crippen molar-refractivity contribution in [1.82, 2.24) is 0 Å². The average molecular weight is 827 g/mol. The van der Waals surface area contributed by atoms with Gasteiger partial charge in [0.1, 0.15) is 0 Å². The zero-order chi connectivity index (χ0) is 42.7. The van der Waals surface area contributed by atoms with Gasteiger partial charge in [-0.05, 0) is 36.8 Å². The highest BCUT2D eigenvalue weighted by Crippen LogP contribution is 2.27. The lowest BCUT2D eigenvalue weighted by molar-refractivity contribution is -0.0583. The normalized spacial score (nSPS) is 11.4. The minimum atomic E-state index is -1.22. The summed E-state index contributed by atoms with van der Waals surface area (Å²) >= 11 is 0. The Balaban J connectivity index is 2.22. The van der Waals surface area contributed by atoms with Gasteiger partial charge < -0.3 is 20.9 Å². The first-order valence-corrected chi connectivity index (χ1v) is 26.0. The third-order valence-corrected chi connectivity index (χ3v) is 12.5. The molecule has 0 radical (unpaired) electrons. The lowest BCUT2D eigenvalue weighted by Crippen LogP contribution is -2.25. The molecule has 6 heteroatoms. The summed E-state index contributed by atoms with van der Waals surface area (Å²) in [6.07, 6.45) is 53.5. The Morgan fingerprint density at radius 2 is 0.644 bits per heavy atom. The molecule has 2 amide bonds. The van der Waals surface area contributed by atoms with Gasteiger partial charge in [0.2, 0.25) is 0 Å². The van der Waals surface area contributed by atoms with Crippen molar-refractivity contribution in [2.24, 2.45) is 11.5 Å². The van der Waals surface area contributed by atoms with Gasteiger partial charge >= 0.3 is 12.2 Å². The number of primary amides is 2. The monoisotopic (exact) mass is 827 g/mol. The first-order valence-electron chi connectivity index (χ1n) is 26.0. The van der Waals surface area contributed by atoms with Crippen molar-refractivity contribution in [3.05, 3.63) is 34.9 Å². The van der Waals surface area contributed by atoms with E-state index in [1.807, 2.05) is 6.07 Å². The lowest BCUT2D eigenvalue weighted by Gasteiger charge is -2.20. The van der Waals surface area contributed by atoms with Crippen molar-refractivity contribution in [2.75, 3.05) is 0 Å². The van der Waals surface area contributed by atoms with Crippen LogP contribution in [0, 0.1) is 0 Å². The van der Waals surface area contributed by atoms with E-state index in [0.29, 0.717) is 5.56 Å². The van der Waals surface area contributed by atoms with E-state index in [1.165, 1.54) is 243 Å². The highest BCUT2D eigenvalue weighted by molar-refractivity contribution is 5.67. The largest absolute Gasteiger partial charge is 0.407 e. The molecule has 0 aliphatic carbocycles. The maximum absolute atomic E-state index is 11.7. The molecule has 0 fully saturated rings. The summed E-state index contributed by atoms with van der Waals surface area (Å²) in [6.45, 7) is 4.58. The molecular weight excluding hydrogens is 729 g/mol. The third kappa shape index (κ3) is 36.2. The van der Waals surface area contributed by atoms with Crippen molar-refractivity contribution in [3.8, 4) is 0 Å². The van der Waals surface area contributed by atoms with Crippen LogP contribution in [0.5, 0.6) is 0 Å². The number of hydrogen-bond donors (Lipinski definition) is 2. The van der Waals surface area contributed by atoms with Gasteiger partial charge in [-0.3, -0.25) is 0 Å². The van der Waals surface area contributed by atoms with Gasteiger partial charge in [0.25, 0.3) is 6.29 Å². The molecular formula is C53H98N2O4. The Hall–Kier alpha value is -2.24. The molecule has 4 N–H and O–H groups in total.